The van der Waals surface area contributed by atoms with Gasteiger partial charge in [0.2, 0.25) is 0 Å². The molecule has 0 spiro atoms. The first-order valence-corrected chi connectivity index (χ1v) is 7.04. The third-order valence-electron chi connectivity index (χ3n) is 3.06. The summed E-state index contributed by atoms with van der Waals surface area (Å²) in [4.78, 5) is 16.5. The van der Waals surface area contributed by atoms with E-state index in [0.717, 1.165) is 10.9 Å². The molecule has 0 unspecified atom stereocenters. The number of anilines is 1. The van der Waals surface area contributed by atoms with Gasteiger partial charge < -0.3 is 5.32 Å². The first-order chi connectivity index (χ1) is 10.1. The zero-order valence-corrected chi connectivity index (χ0v) is 12.4. The molecular weight excluding hydrogens is 335 g/mol. The van der Waals surface area contributed by atoms with E-state index in [1.165, 1.54) is 18.2 Å². The van der Waals surface area contributed by atoms with Crippen LogP contribution in [0.3, 0.4) is 0 Å². The van der Waals surface area contributed by atoms with Crippen LogP contribution in [0.5, 0.6) is 0 Å². The Hall–Kier alpha value is -2.27. The lowest BCUT2D eigenvalue weighted by atomic mass is 10.1. The molecule has 21 heavy (non-hydrogen) atoms. The standard InChI is InChI=1S/C16H10BrFN2O/c17-12-9-11(6-7-13(12)18)16(21)20-14-5-1-3-10-4-2-8-19-15(10)14/h1-9H,(H,20,21). The number of fused-ring (bicyclic) bond motifs is 1. The van der Waals surface area contributed by atoms with Crippen molar-refractivity contribution in [3.63, 3.8) is 0 Å². The van der Waals surface area contributed by atoms with Crippen molar-refractivity contribution in [3.8, 4) is 0 Å². The Balaban J connectivity index is 1.94. The van der Waals surface area contributed by atoms with Crippen LogP contribution in [0.1, 0.15) is 10.4 Å². The second kappa shape index (κ2) is 5.61. The van der Waals surface area contributed by atoms with Gasteiger partial charge in [0.1, 0.15) is 5.82 Å². The molecular formula is C16H10BrFN2O. The van der Waals surface area contributed by atoms with E-state index in [4.69, 9.17) is 0 Å². The highest BCUT2D eigenvalue weighted by Crippen LogP contribution is 2.22. The molecule has 0 aliphatic rings. The number of hydrogen-bond acceptors (Lipinski definition) is 2. The minimum absolute atomic E-state index is 0.256. The Bertz CT molecular complexity index is 830. The van der Waals surface area contributed by atoms with Crippen LogP contribution in [0.15, 0.2) is 59.2 Å². The van der Waals surface area contributed by atoms with Crippen molar-refractivity contribution in [1.82, 2.24) is 4.98 Å². The molecule has 1 aromatic heterocycles. The van der Waals surface area contributed by atoms with E-state index in [9.17, 15) is 9.18 Å². The maximum Gasteiger partial charge on any atom is 0.255 e. The van der Waals surface area contributed by atoms with Crippen molar-refractivity contribution >= 4 is 38.4 Å². The van der Waals surface area contributed by atoms with Gasteiger partial charge in [0.15, 0.2) is 0 Å². The zero-order chi connectivity index (χ0) is 14.8. The number of rotatable bonds is 2. The SMILES string of the molecule is O=C(Nc1cccc2cccnc12)c1ccc(F)c(Br)c1. The van der Waals surface area contributed by atoms with Crippen LogP contribution in [0.4, 0.5) is 10.1 Å². The molecule has 5 heteroatoms. The lowest BCUT2D eigenvalue weighted by Gasteiger charge is -2.08. The molecule has 0 atom stereocenters. The average Bonchev–Trinajstić information content (AvgIpc) is 2.50. The molecule has 1 N–H and O–H groups in total. The summed E-state index contributed by atoms with van der Waals surface area (Å²) >= 11 is 3.07. The van der Waals surface area contributed by atoms with Crippen molar-refractivity contribution in [1.29, 1.82) is 0 Å². The molecule has 3 nitrogen and oxygen atoms in total. The summed E-state index contributed by atoms with van der Waals surface area (Å²) in [5.41, 5.74) is 1.71. The molecule has 1 amide bonds. The number of carbonyl (C=O) groups is 1. The van der Waals surface area contributed by atoms with Gasteiger partial charge in [0, 0.05) is 17.1 Å². The lowest BCUT2D eigenvalue weighted by molar-refractivity contribution is 0.102. The van der Waals surface area contributed by atoms with Gasteiger partial charge >= 0.3 is 0 Å². The fraction of sp³-hybridized carbons (Fsp3) is 0. The second-order valence-electron chi connectivity index (χ2n) is 4.46. The smallest absolute Gasteiger partial charge is 0.255 e. The molecule has 2 aromatic carbocycles. The fourth-order valence-electron chi connectivity index (χ4n) is 2.04. The predicted molar refractivity (Wildman–Crippen MR) is 83.8 cm³/mol. The highest BCUT2D eigenvalue weighted by molar-refractivity contribution is 9.10. The minimum Gasteiger partial charge on any atom is -0.320 e. The van der Waals surface area contributed by atoms with Crippen molar-refractivity contribution < 1.29 is 9.18 Å². The predicted octanol–water partition coefficient (Wildman–Crippen LogP) is 4.39. The number of pyridine rings is 1. The maximum atomic E-state index is 13.2. The summed E-state index contributed by atoms with van der Waals surface area (Å²) in [6.45, 7) is 0. The normalized spacial score (nSPS) is 10.6. The van der Waals surface area contributed by atoms with E-state index in [1.807, 2.05) is 24.3 Å². The average molecular weight is 345 g/mol. The van der Waals surface area contributed by atoms with Gasteiger partial charge in [-0.05, 0) is 46.3 Å². The minimum atomic E-state index is -0.404. The number of amides is 1. The van der Waals surface area contributed by atoms with Gasteiger partial charge in [-0.15, -0.1) is 0 Å². The molecule has 104 valence electrons. The van der Waals surface area contributed by atoms with Crippen LogP contribution in [0.25, 0.3) is 10.9 Å². The molecule has 1 heterocycles. The number of para-hydroxylation sites is 1. The number of benzene rings is 2. The third-order valence-corrected chi connectivity index (χ3v) is 3.67. The van der Waals surface area contributed by atoms with Crippen LogP contribution in [-0.4, -0.2) is 10.9 Å². The van der Waals surface area contributed by atoms with E-state index in [0.29, 0.717) is 11.3 Å². The molecule has 0 saturated carbocycles. The molecule has 0 bridgehead atoms. The van der Waals surface area contributed by atoms with E-state index < -0.39 is 5.82 Å². The molecule has 0 saturated heterocycles. The van der Waals surface area contributed by atoms with Crippen LogP contribution in [0.2, 0.25) is 0 Å². The molecule has 0 aliphatic carbocycles. The Kier molecular flexibility index (Phi) is 3.66. The van der Waals surface area contributed by atoms with Gasteiger partial charge in [-0.25, -0.2) is 4.39 Å². The van der Waals surface area contributed by atoms with Crippen LogP contribution < -0.4 is 5.32 Å². The highest BCUT2D eigenvalue weighted by Gasteiger charge is 2.10. The number of halogens is 2. The Morgan fingerprint density at radius 2 is 1.95 bits per heavy atom. The van der Waals surface area contributed by atoms with Crippen molar-refractivity contribution in [3.05, 3.63) is 70.6 Å². The maximum absolute atomic E-state index is 13.2. The van der Waals surface area contributed by atoms with E-state index in [2.05, 4.69) is 26.2 Å². The van der Waals surface area contributed by atoms with E-state index in [1.54, 1.807) is 12.3 Å². The number of nitrogens with zero attached hydrogens (tertiary/aromatic N) is 1. The molecule has 3 aromatic rings. The van der Waals surface area contributed by atoms with E-state index >= 15 is 0 Å². The molecule has 0 radical (unpaired) electrons. The van der Waals surface area contributed by atoms with Gasteiger partial charge in [0.05, 0.1) is 15.7 Å². The summed E-state index contributed by atoms with van der Waals surface area (Å²) < 4.78 is 13.5. The largest absolute Gasteiger partial charge is 0.320 e. The summed E-state index contributed by atoms with van der Waals surface area (Å²) in [7, 11) is 0. The highest BCUT2D eigenvalue weighted by atomic mass is 79.9. The van der Waals surface area contributed by atoms with Crippen molar-refractivity contribution in [2.75, 3.05) is 5.32 Å². The first kappa shape index (κ1) is 13.7. The summed E-state index contributed by atoms with van der Waals surface area (Å²) in [6, 6.07) is 13.5. The number of hydrogen-bond donors (Lipinski definition) is 1. The van der Waals surface area contributed by atoms with Crippen LogP contribution in [0, 0.1) is 5.82 Å². The van der Waals surface area contributed by atoms with Gasteiger partial charge in [-0.2, -0.15) is 0 Å². The first-order valence-electron chi connectivity index (χ1n) is 6.25. The Morgan fingerprint density at radius 1 is 1.14 bits per heavy atom. The van der Waals surface area contributed by atoms with Gasteiger partial charge in [0.25, 0.3) is 5.91 Å². The van der Waals surface area contributed by atoms with Crippen LogP contribution in [-0.2, 0) is 0 Å². The monoisotopic (exact) mass is 344 g/mol. The Labute approximate surface area is 128 Å². The zero-order valence-electron chi connectivity index (χ0n) is 10.8. The van der Waals surface area contributed by atoms with Crippen LogP contribution >= 0.6 is 15.9 Å². The molecule has 0 fully saturated rings. The summed E-state index contributed by atoms with van der Waals surface area (Å²) in [5, 5.41) is 3.74. The molecule has 0 aliphatic heterocycles. The van der Waals surface area contributed by atoms with Gasteiger partial charge in [-0.1, -0.05) is 18.2 Å². The quantitative estimate of drug-likeness (QED) is 0.749. The number of carbonyl (C=O) groups excluding carboxylic acids is 1. The van der Waals surface area contributed by atoms with E-state index in [-0.39, 0.29) is 10.4 Å². The lowest BCUT2D eigenvalue weighted by Crippen LogP contribution is -2.12. The summed E-state index contributed by atoms with van der Waals surface area (Å²) in [5.74, 6) is -0.716. The molecule has 3 rings (SSSR count). The second-order valence-corrected chi connectivity index (χ2v) is 5.32. The fourth-order valence-corrected chi connectivity index (χ4v) is 2.42. The van der Waals surface area contributed by atoms with Crippen molar-refractivity contribution in [2.24, 2.45) is 0 Å². The Morgan fingerprint density at radius 3 is 2.76 bits per heavy atom. The van der Waals surface area contributed by atoms with Gasteiger partial charge in [-0.3, -0.25) is 9.78 Å². The third kappa shape index (κ3) is 2.78. The summed E-state index contributed by atoms with van der Waals surface area (Å²) in [6.07, 6.45) is 1.67. The number of nitrogens with one attached hydrogen (secondary N) is 1. The topological polar surface area (TPSA) is 42.0 Å². The number of aromatic nitrogens is 1. The van der Waals surface area contributed by atoms with Crippen molar-refractivity contribution in [2.45, 2.75) is 0 Å².